The van der Waals surface area contributed by atoms with Crippen LogP contribution in [0.15, 0.2) is 5.51 Å². The highest BCUT2D eigenvalue weighted by Gasteiger charge is 2.11. The van der Waals surface area contributed by atoms with Gasteiger partial charge in [0.25, 0.3) is 0 Å². The summed E-state index contributed by atoms with van der Waals surface area (Å²) in [6.07, 6.45) is 2.41. The minimum Gasteiger partial charge on any atom is -0.312 e. The third-order valence-electron chi connectivity index (χ3n) is 2.69. The second-order valence-corrected chi connectivity index (χ2v) is 6.58. The van der Waals surface area contributed by atoms with E-state index >= 15 is 0 Å². The molecule has 0 bridgehead atoms. The summed E-state index contributed by atoms with van der Waals surface area (Å²) in [4.78, 5) is 5.73. The van der Waals surface area contributed by atoms with E-state index < -0.39 is 0 Å². The van der Waals surface area contributed by atoms with Crippen molar-refractivity contribution in [1.82, 2.24) is 10.3 Å². The standard InChI is InChI=1S/C13H24N2S/c1-10(8-15-13(3,4)5)6-7-12-11(2)14-9-16-12/h9-10,15H,6-8H2,1-5H3. The van der Waals surface area contributed by atoms with E-state index in [1.807, 2.05) is 5.51 Å². The average Bonchev–Trinajstić information content (AvgIpc) is 2.57. The first kappa shape index (κ1) is 13.7. The lowest BCUT2D eigenvalue weighted by atomic mass is 10.0. The summed E-state index contributed by atoms with van der Waals surface area (Å²) < 4.78 is 0. The van der Waals surface area contributed by atoms with Crippen molar-refractivity contribution in [2.24, 2.45) is 5.92 Å². The molecule has 92 valence electrons. The normalized spacial score (nSPS) is 14.1. The molecule has 0 aliphatic rings. The van der Waals surface area contributed by atoms with Crippen LogP contribution in [0.25, 0.3) is 0 Å². The molecular formula is C13H24N2S. The maximum Gasteiger partial charge on any atom is 0.0797 e. The summed E-state index contributed by atoms with van der Waals surface area (Å²) in [5, 5.41) is 3.55. The zero-order chi connectivity index (χ0) is 12.2. The molecule has 1 aromatic heterocycles. The van der Waals surface area contributed by atoms with Gasteiger partial charge in [0, 0.05) is 10.4 Å². The first-order valence-electron chi connectivity index (χ1n) is 6.02. The summed E-state index contributed by atoms with van der Waals surface area (Å²) in [6, 6.07) is 0. The molecule has 0 fully saturated rings. The highest BCUT2D eigenvalue weighted by molar-refractivity contribution is 7.09. The van der Waals surface area contributed by atoms with Gasteiger partial charge in [0.2, 0.25) is 0 Å². The highest BCUT2D eigenvalue weighted by atomic mass is 32.1. The van der Waals surface area contributed by atoms with Crippen LogP contribution >= 0.6 is 11.3 Å². The molecule has 0 aliphatic carbocycles. The number of rotatable bonds is 5. The van der Waals surface area contributed by atoms with Crippen LogP contribution in [0, 0.1) is 12.8 Å². The molecule has 0 amide bonds. The Morgan fingerprint density at radius 3 is 2.62 bits per heavy atom. The van der Waals surface area contributed by atoms with Crippen LogP contribution in [0.5, 0.6) is 0 Å². The lowest BCUT2D eigenvalue weighted by Gasteiger charge is -2.23. The Kier molecular flexibility index (Phi) is 4.93. The van der Waals surface area contributed by atoms with Crippen molar-refractivity contribution in [2.75, 3.05) is 6.54 Å². The summed E-state index contributed by atoms with van der Waals surface area (Å²) >= 11 is 1.78. The number of hydrogen-bond donors (Lipinski definition) is 1. The third kappa shape index (κ3) is 5.08. The minimum absolute atomic E-state index is 0.231. The van der Waals surface area contributed by atoms with Crippen molar-refractivity contribution >= 4 is 11.3 Å². The minimum atomic E-state index is 0.231. The Hall–Kier alpha value is -0.410. The maximum absolute atomic E-state index is 4.28. The molecule has 0 spiro atoms. The van der Waals surface area contributed by atoms with Gasteiger partial charge in [-0.05, 0) is 53.0 Å². The Morgan fingerprint density at radius 1 is 1.44 bits per heavy atom. The van der Waals surface area contributed by atoms with Gasteiger partial charge in [0.1, 0.15) is 0 Å². The predicted octanol–water partition coefficient (Wildman–Crippen LogP) is 3.41. The van der Waals surface area contributed by atoms with Crippen molar-refractivity contribution in [3.8, 4) is 0 Å². The van der Waals surface area contributed by atoms with Gasteiger partial charge in [-0.15, -0.1) is 11.3 Å². The van der Waals surface area contributed by atoms with Crippen molar-refractivity contribution in [2.45, 2.75) is 53.0 Å². The van der Waals surface area contributed by atoms with Crippen molar-refractivity contribution in [3.63, 3.8) is 0 Å². The van der Waals surface area contributed by atoms with Crippen LogP contribution in [0.3, 0.4) is 0 Å². The Labute approximate surface area is 103 Å². The molecule has 1 aromatic rings. The largest absolute Gasteiger partial charge is 0.312 e. The van der Waals surface area contributed by atoms with Gasteiger partial charge in [-0.3, -0.25) is 0 Å². The van der Waals surface area contributed by atoms with Gasteiger partial charge in [-0.2, -0.15) is 0 Å². The second-order valence-electron chi connectivity index (χ2n) is 5.64. The van der Waals surface area contributed by atoms with E-state index in [2.05, 4.69) is 44.9 Å². The van der Waals surface area contributed by atoms with Crippen molar-refractivity contribution in [1.29, 1.82) is 0 Å². The molecule has 16 heavy (non-hydrogen) atoms. The van der Waals surface area contributed by atoms with Crippen LogP contribution in [0.4, 0.5) is 0 Å². The van der Waals surface area contributed by atoms with Gasteiger partial charge < -0.3 is 5.32 Å². The van der Waals surface area contributed by atoms with Gasteiger partial charge in [-0.1, -0.05) is 6.92 Å². The van der Waals surface area contributed by atoms with Crippen LogP contribution in [0.1, 0.15) is 44.7 Å². The number of hydrogen-bond acceptors (Lipinski definition) is 3. The fourth-order valence-electron chi connectivity index (χ4n) is 1.53. The number of nitrogens with zero attached hydrogens (tertiary/aromatic N) is 1. The molecule has 0 saturated heterocycles. The van der Waals surface area contributed by atoms with E-state index in [4.69, 9.17) is 0 Å². The van der Waals surface area contributed by atoms with E-state index in [0.717, 1.165) is 12.5 Å². The molecule has 1 atom stereocenters. The van der Waals surface area contributed by atoms with Crippen LogP contribution < -0.4 is 5.32 Å². The average molecular weight is 240 g/mol. The molecule has 1 heterocycles. The lowest BCUT2D eigenvalue weighted by molar-refractivity contribution is 0.373. The molecule has 0 radical (unpaired) electrons. The number of aryl methyl sites for hydroxylation is 2. The van der Waals surface area contributed by atoms with Crippen LogP contribution in [-0.4, -0.2) is 17.1 Å². The van der Waals surface area contributed by atoms with Gasteiger partial charge >= 0.3 is 0 Å². The summed E-state index contributed by atoms with van der Waals surface area (Å²) in [7, 11) is 0. The van der Waals surface area contributed by atoms with Gasteiger partial charge in [0.15, 0.2) is 0 Å². The van der Waals surface area contributed by atoms with E-state index in [1.54, 1.807) is 11.3 Å². The fraction of sp³-hybridized carbons (Fsp3) is 0.769. The number of aromatic nitrogens is 1. The quantitative estimate of drug-likeness (QED) is 0.853. The molecule has 0 saturated carbocycles. The van der Waals surface area contributed by atoms with Gasteiger partial charge in [0.05, 0.1) is 11.2 Å². The summed E-state index contributed by atoms with van der Waals surface area (Å²) in [5.74, 6) is 0.723. The van der Waals surface area contributed by atoms with E-state index in [9.17, 15) is 0 Å². The molecular weight excluding hydrogens is 216 g/mol. The first-order chi connectivity index (χ1) is 7.38. The Bertz CT molecular complexity index is 312. The Balaban J connectivity index is 2.25. The van der Waals surface area contributed by atoms with E-state index in [-0.39, 0.29) is 5.54 Å². The second kappa shape index (κ2) is 5.78. The number of nitrogens with one attached hydrogen (secondary N) is 1. The predicted molar refractivity (Wildman–Crippen MR) is 72.1 cm³/mol. The highest BCUT2D eigenvalue weighted by Crippen LogP contribution is 2.17. The molecule has 2 nitrogen and oxygen atoms in total. The summed E-state index contributed by atoms with van der Waals surface area (Å²) in [6.45, 7) is 12.2. The first-order valence-corrected chi connectivity index (χ1v) is 6.90. The molecule has 1 unspecified atom stereocenters. The molecule has 0 aromatic carbocycles. The smallest absolute Gasteiger partial charge is 0.0797 e. The van der Waals surface area contributed by atoms with Crippen molar-refractivity contribution in [3.05, 3.63) is 16.1 Å². The van der Waals surface area contributed by atoms with Crippen molar-refractivity contribution < 1.29 is 0 Å². The van der Waals surface area contributed by atoms with Crippen LogP contribution in [0.2, 0.25) is 0 Å². The van der Waals surface area contributed by atoms with E-state index in [1.165, 1.54) is 23.4 Å². The molecule has 1 rings (SSSR count). The Morgan fingerprint density at radius 2 is 2.12 bits per heavy atom. The molecule has 3 heteroatoms. The fourth-order valence-corrected chi connectivity index (χ4v) is 2.32. The summed E-state index contributed by atoms with van der Waals surface area (Å²) in [5.41, 5.74) is 3.39. The zero-order valence-electron chi connectivity index (χ0n) is 11.1. The lowest BCUT2D eigenvalue weighted by Crippen LogP contribution is -2.38. The third-order valence-corrected chi connectivity index (χ3v) is 3.68. The molecule has 0 aliphatic heterocycles. The molecule has 1 N–H and O–H groups in total. The van der Waals surface area contributed by atoms with Gasteiger partial charge in [-0.25, -0.2) is 4.98 Å². The SMILES string of the molecule is Cc1ncsc1CCC(C)CNC(C)(C)C. The number of thiazole rings is 1. The van der Waals surface area contributed by atoms with Crippen LogP contribution in [-0.2, 0) is 6.42 Å². The monoisotopic (exact) mass is 240 g/mol. The zero-order valence-corrected chi connectivity index (χ0v) is 11.9. The maximum atomic E-state index is 4.28. The van der Waals surface area contributed by atoms with E-state index in [0.29, 0.717) is 0 Å². The topological polar surface area (TPSA) is 24.9 Å².